The monoisotopic (exact) mass is 262 g/mol. The molecule has 0 aliphatic rings. The molecule has 1 aromatic heterocycles. The van der Waals surface area contributed by atoms with Crippen molar-refractivity contribution in [3.8, 4) is 0 Å². The number of carbonyl (C=O) groups is 1. The van der Waals surface area contributed by atoms with E-state index in [1.807, 2.05) is 6.92 Å². The second kappa shape index (κ2) is 5.54. The fourth-order valence-electron chi connectivity index (χ4n) is 0.833. The predicted octanol–water partition coefficient (Wildman–Crippen LogP) is 2.12. The zero-order valence-corrected chi connectivity index (χ0v) is 11.1. The summed E-state index contributed by atoms with van der Waals surface area (Å²) in [7, 11) is 0. The number of halogens is 1. The minimum atomic E-state index is -0.619. The molecule has 1 heterocycles. The summed E-state index contributed by atoms with van der Waals surface area (Å²) in [5.41, 5.74) is -0.619. The molecule has 0 spiro atoms. The SMILES string of the molecule is CCSc1n[nH]c(NC(=O)C(C)(C)CCl)n1. The predicted molar refractivity (Wildman–Crippen MR) is 65.9 cm³/mol. The third-order valence-electron chi connectivity index (χ3n) is 1.92. The maximum atomic E-state index is 11.7. The zero-order chi connectivity index (χ0) is 12.2. The van der Waals surface area contributed by atoms with Crippen molar-refractivity contribution in [3.05, 3.63) is 0 Å². The lowest BCUT2D eigenvalue weighted by atomic mass is 9.95. The van der Waals surface area contributed by atoms with Gasteiger partial charge in [-0.3, -0.25) is 10.1 Å². The molecule has 16 heavy (non-hydrogen) atoms. The van der Waals surface area contributed by atoms with Gasteiger partial charge in [0, 0.05) is 5.88 Å². The van der Waals surface area contributed by atoms with Crippen molar-refractivity contribution in [2.24, 2.45) is 5.41 Å². The summed E-state index contributed by atoms with van der Waals surface area (Å²) in [4.78, 5) is 15.9. The molecular formula is C9H15ClN4OS. The molecule has 7 heteroatoms. The number of aromatic amines is 1. The van der Waals surface area contributed by atoms with Gasteiger partial charge in [0.15, 0.2) is 0 Å². The molecule has 1 aromatic rings. The molecule has 90 valence electrons. The van der Waals surface area contributed by atoms with Crippen LogP contribution in [0.2, 0.25) is 0 Å². The first-order valence-corrected chi connectivity index (χ1v) is 6.44. The second-order valence-corrected chi connectivity index (χ2v) is 5.37. The number of carbonyl (C=O) groups excluding carboxylic acids is 1. The Hall–Kier alpha value is -0.750. The summed E-state index contributed by atoms with van der Waals surface area (Å²) in [6.07, 6.45) is 0. The number of nitrogens with one attached hydrogen (secondary N) is 2. The van der Waals surface area contributed by atoms with Crippen LogP contribution in [-0.2, 0) is 4.79 Å². The molecule has 0 bridgehead atoms. The number of amides is 1. The number of nitrogens with zero attached hydrogens (tertiary/aromatic N) is 2. The van der Waals surface area contributed by atoms with Crippen LogP contribution in [0.1, 0.15) is 20.8 Å². The number of rotatable bonds is 5. The van der Waals surface area contributed by atoms with Gasteiger partial charge in [-0.15, -0.1) is 16.7 Å². The standard InChI is InChI=1S/C9H15ClN4OS/c1-4-16-8-12-7(13-14-8)11-6(15)9(2,3)5-10/h4-5H2,1-3H3,(H2,11,12,13,14,15). The second-order valence-electron chi connectivity index (χ2n) is 3.87. The Bertz CT molecular complexity index is 366. The number of hydrogen-bond acceptors (Lipinski definition) is 4. The van der Waals surface area contributed by atoms with Crippen molar-refractivity contribution in [1.82, 2.24) is 15.2 Å². The molecule has 2 N–H and O–H groups in total. The van der Waals surface area contributed by atoms with Crippen LogP contribution in [0.15, 0.2) is 5.16 Å². The smallest absolute Gasteiger partial charge is 0.233 e. The Morgan fingerprint density at radius 2 is 2.31 bits per heavy atom. The molecule has 0 radical (unpaired) electrons. The number of alkyl halides is 1. The lowest BCUT2D eigenvalue weighted by Crippen LogP contribution is -2.32. The van der Waals surface area contributed by atoms with Gasteiger partial charge in [-0.25, -0.2) is 5.10 Å². The van der Waals surface area contributed by atoms with E-state index in [1.54, 1.807) is 13.8 Å². The van der Waals surface area contributed by atoms with E-state index in [9.17, 15) is 4.79 Å². The maximum Gasteiger partial charge on any atom is 0.233 e. The highest BCUT2D eigenvalue weighted by molar-refractivity contribution is 7.99. The molecule has 5 nitrogen and oxygen atoms in total. The highest BCUT2D eigenvalue weighted by atomic mass is 35.5. The van der Waals surface area contributed by atoms with Gasteiger partial charge < -0.3 is 0 Å². The van der Waals surface area contributed by atoms with Gasteiger partial charge in [-0.2, -0.15) is 4.98 Å². The summed E-state index contributed by atoms with van der Waals surface area (Å²) < 4.78 is 0. The summed E-state index contributed by atoms with van der Waals surface area (Å²) in [5, 5.41) is 9.88. The van der Waals surface area contributed by atoms with Gasteiger partial charge in [-0.05, 0) is 19.6 Å². The van der Waals surface area contributed by atoms with E-state index in [-0.39, 0.29) is 11.8 Å². The first kappa shape index (κ1) is 13.3. The average molecular weight is 263 g/mol. The number of thioether (sulfide) groups is 1. The van der Waals surface area contributed by atoms with Gasteiger partial charge in [0.25, 0.3) is 0 Å². The summed E-state index contributed by atoms with van der Waals surface area (Å²) in [6, 6.07) is 0. The average Bonchev–Trinajstić information content (AvgIpc) is 2.66. The molecule has 0 unspecified atom stereocenters. The molecule has 0 aliphatic carbocycles. The Labute approximate surface area is 104 Å². The van der Waals surface area contributed by atoms with Crippen molar-refractivity contribution in [1.29, 1.82) is 0 Å². The van der Waals surface area contributed by atoms with Crippen LogP contribution in [0.25, 0.3) is 0 Å². The van der Waals surface area contributed by atoms with Gasteiger partial charge >= 0.3 is 0 Å². The molecule has 0 atom stereocenters. The van der Waals surface area contributed by atoms with E-state index in [4.69, 9.17) is 11.6 Å². The molecule has 0 saturated carbocycles. The van der Waals surface area contributed by atoms with Crippen LogP contribution < -0.4 is 5.32 Å². The summed E-state index contributed by atoms with van der Waals surface area (Å²) >= 11 is 7.20. The Kier molecular flexibility index (Phi) is 4.61. The van der Waals surface area contributed by atoms with E-state index in [1.165, 1.54) is 11.8 Å². The van der Waals surface area contributed by atoms with E-state index >= 15 is 0 Å². The minimum absolute atomic E-state index is 0.174. The Morgan fingerprint density at radius 3 is 2.88 bits per heavy atom. The highest BCUT2D eigenvalue weighted by Crippen LogP contribution is 2.19. The molecular weight excluding hydrogens is 248 g/mol. The number of hydrogen-bond donors (Lipinski definition) is 2. The van der Waals surface area contributed by atoms with Crippen LogP contribution in [0.5, 0.6) is 0 Å². The minimum Gasteiger partial charge on any atom is -0.294 e. The fourth-order valence-corrected chi connectivity index (χ4v) is 1.48. The van der Waals surface area contributed by atoms with Gasteiger partial charge in [0.2, 0.25) is 17.0 Å². The molecule has 0 aliphatic heterocycles. The third kappa shape index (κ3) is 3.38. The highest BCUT2D eigenvalue weighted by Gasteiger charge is 2.27. The summed E-state index contributed by atoms with van der Waals surface area (Å²) in [6.45, 7) is 5.55. The molecule has 1 rings (SSSR count). The quantitative estimate of drug-likeness (QED) is 0.630. The topological polar surface area (TPSA) is 70.7 Å². The van der Waals surface area contributed by atoms with Crippen LogP contribution in [0.4, 0.5) is 5.95 Å². The zero-order valence-electron chi connectivity index (χ0n) is 9.50. The largest absolute Gasteiger partial charge is 0.294 e. The third-order valence-corrected chi connectivity index (χ3v) is 3.32. The Morgan fingerprint density at radius 1 is 1.62 bits per heavy atom. The lowest BCUT2D eigenvalue weighted by Gasteiger charge is -2.18. The molecule has 0 saturated heterocycles. The van der Waals surface area contributed by atoms with Crippen LogP contribution >= 0.6 is 23.4 Å². The number of aromatic nitrogens is 3. The van der Waals surface area contributed by atoms with E-state index in [0.717, 1.165) is 5.75 Å². The first-order chi connectivity index (χ1) is 7.49. The van der Waals surface area contributed by atoms with Crippen molar-refractivity contribution in [2.75, 3.05) is 16.9 Å². The van der Waals surface area contributed by atoms with Gasteiger partial charge in [0.1, 0.15) is 0 Å². The van der Waals surface area contributed by atoms with Crippen molar-refractivity contribution < 1.29 is 4.79 Å². The van der Waals surface area contributed by atoms with Crippen LogP contribution in [-0.4, -0.2) is 32.7 Å². The summed E-state index contributed by atoms with van der Waals surface area (Å²) in [5.74, 6) is 1.33. The molecule has 0 aromatic carbocycles. The van der Waals surface area contributed by atoms with Crippen molar-refractivity contribution in [2.45, 2.75) is 25.9 Å². The molecule has 1 amide bonds. The van der Waals surface area contributed by atoms with Crippen LogP contribution in [0.3, 0.4) is 0 Å². The van der Waals surface area contributed by atoms with Crippen LogP contribution in [0, 0.1) is 5.41 Å². The number of anilines is 1. The normalized spacial score (nSPS) is 11.5. The fraction of sp³-hybridized carbons (Fsp3) is 0.667. The van der Waals surface area contributed by atoms with Gasteiger partial charge in [-0.1, -0.05) is 18.7 Å². The first-order valence-electron chi connectivity index (χ1n) is 4.92. The van der Waals surface area contributed by atoms with Crippen molar-refractivity contribution in [3.63, 3.8) is 0 Å². The van der Waals surface area contributed by atoms with Gasteiger partial charge in [0.05, 0.1) is 5.41 Å². The van der Waals surface area contributed by atoms with E-state index in [2.05, 4.69) is 20.5 Å². The maximum absolute atomic E-state index is 11.7. The lowest BCUT2D eigenvalue weighted by molar-refractivity contribution is -0.123. The molecule has 0 fully saturated rings. The van der Waals surface area contributed by atoms with Crippen molar-refractivity contribution >= 4 is 35.2 Å². The number of H-pyrrole nitrogens is 1. The van der Waals surface area contributed by atoms with E-state index in [0.29, 0.717) is 11.1 Å². The Balaban J connectivity index is 2.63. The van der Waals surface area contributed by atoms with E-state index < -0.39 is 5.41 Å².